The first-order valence-electron chi connectivity index (χ1n) is 12.3. The van der Waals surface area contributed by atoms with Crippen molar-refractivity contribution < 1.29 is 19.1 Å². The summed E-state index contributed by atoms with van der Waals surface area (Å²) in [5, 5.41) is 0. The normalized spacial score (nSPS) is 14.6. The number of fused-ring (bicyclic) bond motifs is 2. The Morgan fingerprint density at radius 1 is 0.559 bits per heavy atom. The highest BCUT2D eigenvalue weighted by molar-refractivity contribution is 5.95. The number of hydrogen-bond acceptors (Lipinski definition) is 4. The van der Waals surface area contributed by atoms with Gasteiger partial charge in [-0.1, -0.05) is 42.5 Å². The van der Waals surface area contributed by atoms with Crippen molar-refractivity contribution in [2.45, 2.75) is 64.6 Å². The van der Waals surface area contributed by atoms with E-state index < -0.39 is 11.9 Å². The highest BCUT2D eigenvalue weighted by Gasteiger charge is 2.15. The highest BCUT2D eigenvalue weighted by Crippen LogP contribution is 2.24. The smallest absolute Gasteiger partial charge is 0.338 e. The molecule has 0 atom stereocenters. The lowest BCUT2D eigenvalue weighted by atomic mass is 9.90. The van der Waals surface area contributed by atoms with E-state index >= 15 is 0 Å². The fourth-order valence-corrected chi connectivity index (χ4v) is 4.99. The van der Waals surface area contributed by atoms with Crippen LogP contribution in [0.3, 0.4) is 0 Å². The first-order chi connectivity index (χ1) is 16.7. The Labute approximate surface area is 200 Å². The number of ether oxygens (including phenoxy) is 2. The zero-order chi connectivity index (χ0) is 23.3. The third-order valence-corrected chi connectivity index (χ3v) is 6.90. The van der Waals surface area contributed by atoms with Crippen LogP contribution in [0, 0.1) is 0 Å². The second-order valence-corrected chi connectivity index (χ2v) is 9.35. The van der Waals surface area contributed by atoms with Gasteiger partial charge in [-0.3, -0.25) is 0 Å². The first-order valence-corrected chi connectivity index (χ1v) is 12.3. The standard InChI is InChI=1S/C30H30O4/c31-29(33-19-21-12-14-23-6-1-3-8-25(23)16-21)27-10-5-11-28(18-27)30(32)34-20-22-13-15-24-7-2-4-9-26(24)17-22/h5,10-18H,1-4,6-9,19-20H2. The average molecular weight is 455 g/mol. The molecule has 0 radical (unpaired) electrons. The predicted molar refractivity (Wildman–Crippen MR) is 131 cm³/mol. The quantitative estimate of drug-likeness (QED) is 0.419. The molecular formula is C30H30O4. The van der Waals surface area contributed by atoms with Gasteiger partial charge in [-0.05, 0) is 103 Å². The monoisotopic (exact) mass is 454 g/mol. The average Bonchev–Trinajstić information content (AvgIpc) is 2.90. The Kier molecular flexibility index (Phi) is 6.75. The molecule has 34 heavy (non-hydrogen) atoms. The summed E-state index contributed by atoms with van der Waals surface area (Å²) in [5.74, 6) is -0.885. The summed E-state index contributed by atoms with van der Waals surface area (Å²) in [6.45, 7) is 0.443. The van der Waals surface area contributed by atoms with Crippen molar-refractivity contribution in [2.75, 3.05) is 0 Å². The summed E-state index contributed by atoms with van der Waals surface area (Å²) in [4.78, 5) is 25.2. The number of carbonyl (C=O) groups excluding carboxylic acids is 2. The van der Waals surface area contributed by atoms with E-state index in [1.165, 1.54) is 47.9 Å². The van der Waals surface area contributed by atoms with Crippen molar-refractivity contribution in [2.24, 2.45) is 0 Å². The molecule has 4 heteroatoms. The third kappa shape index (κ3) is 5.22. The van der Waals surface area contributed by atoms with Crippen molar-refractivity contribution in [1.82, 2.24) is 0 Å². The van der Waals surface area contributed by atoms with Crippen LogP contribution in [0.15, 0.2) is 60.7 Å². The van der Waals surface area contributed by atoms with Crippen molar-refractivity contribution in [3.05, 3.63) is 105 Å². The van der Waals surface area contributed by atoms with Gasteiger partial charge >= 0.3 is 11.9 Å². The van der Waals surface area contributed by atoms with Crippen molar-refractivity contribution >= 4 is 11.9 Å². The van der Waals surface area contributed by atoms with Crippen LogP contribution < -0.4 is 0 Å². The fraction of sp³-hybridized carbons (Fsp3) is 0.333. The molecule has 3 aromatic carbocycles. The zero-order valence-electron chi connectivity index (χ0n) is 19.5. The summed E-state index contributed by atoms with van der Waals surface area (Å²) in [6.07, 6.45) is 9.35. The molecule has 3 aromatic rings. The molecule has 174 valence electrons. The molecule has 2 aliphatic rings. The first kappa shape index (κ1) is 22.4. The van der Waals surface area contributed by atoms with Crippen LogP contribution in [0.5, 0.6) is 0 Å². The van der Waals surface area contributed by atoms with Crippen LogP contribution in [0.25, 0.3) is 0 Å². The van der Waals surface area contributed by atoms with E-state index in [0.717, 1.165) is 36.8 Å². The Balaban J connectivity index is 1.18. The van der Waals surface area contributed by atoms with Crippen LogP contribution in [0.1, 0.15) is 79.8 Å². The number of aryl methyl sites for hydroxylation is 4. The molecule has 0 aromatic heterocycles. The van der Waals surface area contributed by atoms with Gasteiger partial charge in [-0.25, -0.2) is 9.59 Å². The zero-order valence-corrected chi connectivity index (χ0v) is 19.5. The lowest BCUT2D eigenvalue weighted by molar-refractivity contribution is 0.0470. The molecule has 0 fully saturated rings. The fourth-order valence-electron chi connectivity index (χ4n) is 4.99. The van der Waals surface area contributed by atoms with E-state index in [0.29, 0.717) is 11.1 Å². The molecule has 0 amide bonds. The molecule has 0 aliphatic heterocycles. The molecule has 0 unspecified atom stereocenters. The molecule has 0 saturated heterocycles. The summed E-state index contributed by atoms with van der Waals surface area (Å²) in [5.41, 5.74) is 8.23. The Morgan fingerprint density at radius 2 is 1.00 bits per heavy atom. The molecule has 0 heterocycles. The van der Waals surface area contributed by atoms with E-state index in [-0.39, 0.29) is 13.2 Å². The number of hydrogen-bond donors (Lipinski definition) is 0. The van der Waals surface area contributed by atoms with Gasteiger partial charge in [-0.2, -0.15) is 0 Å². The number of benzene rings is 3. The van der Waals surface area contributed by atoms with Gasteiger partial charge in [0.15, 0.2) is 0 Å². The molecule has 0 bridgehead atoms. The molecule has 5 rings (SSSR count). The maximum Gasteiger partial charge on any atom is 0.338 e. The SMILES string of the molecule is O=C(OCc1ccc2c(c1)CCCC2)c1cccc(C(=O)OCc2ccc3c(c2)CCCC3)c1. The molecule has 0 N–H and O–H groups in total. The minimum Gasteiger partial charge on any atom is -0.457 e. The number of carbonyl (C=O) groups is 2. The summed E-state index contributed by atoms with van der Waals surface area (Å²) < 4.78 is 11.1. The van der Waals surface area contributed by atoms with Gasteiger partial charge < -0.3 is 9.47 Å². The van der Waals surface area contributed by atoms with Crippen molar-refractivity contribution in [3.8, 4) is 0 Å². The molecular weight excluding hydrogens is 424 g/mol. The maximum absolute atomic E-state index is 12.6. The molecule has 2 aliphatic carbocycles. The Hall–Kier alpha value is -3.40. The van der Waals surface area contributed by atoms with Gasteiger partial charge in [0.05, 0.1) is 11.1 Å². The number of esters is 2. The minimum atomic E-state index is -0.443. The van der Waals surface area contributed by atoms with Gasteiger partial charge in [-0.15, -0.1) is 0 Å². The van der Waals surface area contributed by atoms with Gasteiger partial charge in [0.25, 0.3) is 0 Å². The van der Waals surface area contributed by atoms with E-state index in [1.807, 2.05) is 12.1 Å². The molecule has 0 saturated carbocycles. The lowest BCUT2D eigenvalue weighted by Crippen LogP contribution is -2.10. The van der Waals surface area contributed by atoms with Crippen molar-refractivity contribution in [1.29, 1.82) is 0 Å². The molecule has 4 nitrogen and oxygen atoms in total. The van der Waals surface area contributed by atoms with Crippen LogP contribution in [0.2, 0.25) is 0 Å². The predicted octanol–water partition coefficient (Wildman–Crippen LogP) is 6.16. The molecule has 0 spiro atoms. The maximum atomic E-state index is 12.6. The largest absolute Gasteiger partial charge is 0.457 e. The summed E-state index contributed by atoms with van der Waals surface area (Å²) in [7, 11) is 0. The van der Waals surface area contributed by atoms with E-state index in [9.17, 15) is 9.59 Å². The van der Waals surface area contributed by atoms with E-state index in [4.69, 9.17) is 9.47 Å². The summed E-state index contributed by atoms with van der Waals surface area (Å²) >= 11 is 0. The minimum absolute atomic E-state index is 0.221. The highest BCUT2D eigenvalue weighted by atomic mass is 16.5. The Bertz CT molecular complexity index is 1120. The van der Waals surface area contributed by atoms with Crippen LogP contribution in [-0.4, -0.2) is 11.9 Å². The second-order valence-electron chi connectivity index (χ2n) is 9.35. The van der Waals surface area contributed by atoms with Crippen molar-refractivity contribution in [3.63, 3.8) is 0 Å². The van der Waals surface area contributed by atoms with Crippen LogP contribution in [-0.2, 0) is 48.4 Å². The van der Waals surface area contributed by atoms with E-state index in [1.54, 1.807) is 24.3 Å². The van der Waals surface area contributed by atoms with Crippen LogP contribution in [0.4, 0.5) is 0 Å². The Morgan fingerprint density at radius 3 is 1.47 bits per heavy atom. The van der Waals surface area contributed by atoms with E-state index in [2.05, 4.69) is 24.3 Å². The number of rotatable bonds is 6. The summed E-state index contributed by atoms with van der Waals surface area (Å²) in [6, 6.07) is 19.2. The topological polar surface area (TPSA) is 52.6 Å². The van der Waals surface area contributed by atoms with Gasteiger partial charge in [0.1, 0.15) is 13.2 Å². The van der Waals surface area contributed by atoms with Crippen LogP contribution >= 0.6 is 0 Å². The lowest BCUT2D eigenvalue weighted by Gasteiger charge is -2.16. The van der Waals surface area contributed by atoms with Gasteiger partial charge in [0, 0.05) is 0 Å². The second kappa shape index (κ2) is 10.3. The van der Waals surface area contributed by atoms with Gasteiger partial charge in [0.2, 0.25) is 0 Å². The third-order valence-electron chi connectivity index (χ3n) is 6.90.